The highest BCUT2D eigenvalue weighted by atomic mass is 35.5. The summed E-state index contributed by atoms with van der Waals surface area (Å²) in [6.45, 7) is 0. The molecule has 126 valence electrons. The van der Waals surface area contributed by atoms with Crippen molar-refractivity contribution in [3.63, 3.8) is 0 Å². The average Bonchev–Trinajstić information content (AvgIpc) is 3.41. The minimum atomic E-state index is 0.500. The van der Waals surface area contributed by atoms with E-state index in [1.807, 2.05) is 60.7 Å². The molecule has 2 N–H and O–H groups in total. The number of hydrogen-bond donors (Lipinski definition) is 2. The lowest BCUT2D eigenvalue weighted by Crippen LogP contribution is -1.82. The molecule has 8 bridgehead atoms. The Bertz CT molecular complexity index is 1260. The third kappa shape index (κ3) is 2.64. The summed E-state index contributed by atoms with van der Waals surface area (Å²) in [7, 11) is 0. The molecular formula is C20H12Cl2N4. The van der Waals surface area contributed by atoms with Crippen molar-refractivity contribution in [1.82, 2.24) is 19.9 Å². The fraction of sp³-hybridized carbons (Fsp3) is 0. The molecule has 3 aromatic heterocycles. The summed E-state index contributed by atoms with van der Waals surface area (Å²) in [5, 5.41) is 1.05. The van der Waals surface area contributed by atoms with Gasteiger partial charge in [0.25, 0.3) is 0 Å². The highest BCUT2D eigenvalue weighted by Crippen LogP contribution is 2.29. The maximum absolute atomic E-state index is 6.53. The molecule has 4 nitrogen and oxygen atoms in total. The predicted molar refractivity (Wildman–Crippen MR) is 109 cm³/mol. The lowest BCUT2D eigenvalue weighted by atomic mass is 10.3. The van der Waals surface area contributed by atoms with E-state index in [9.17, 15) is 0 Å². The van der Waals surface area contributed by atoms with Crippen molar-refractivity contribution in [3.05, 3.63) is 69.2 Å². The maximum Gasteiger partial charge on any atom is 0.0919 e. The van der Waals surface area contributed by atoms with Gasteiger partial charge in [0.05, 0.1) is 38.3 Å². The van der Waals surface area contributed by atoms with Crippen LogP contribution in [0.25, 0.3) is 46.4 Å². The molecule has 5 rings (SSSR count). The third-order valence-electron chi connectivity index (χ3n) is 4.27. The van der Waals surface area contributed by atoms with Gasteiger partial charge in [-0.05, 0) is 60.7 Å². The van der Waals surface area contributed by atoms with Crippen LogP contribution in [0.4, 0.5) is 0 Å². The van der Waals surface area contributed by atoms with Gasteiger partial charge < -0.3 is 9.97 Å². The van der Waals surface area contributed by atoms with Crippen LogP contribution >= 0.6 is 23.2 Å². The minimum absolute atomic E-state index is 0.500. The molecule has 0 saturated heterocycles. The van der Waals surface area contributed by atoms with Crippen LogP contribution in [0, 0.1) is 0 Å². The molecule has 0 amide bonds. The van der Waals surface area contributed by atoms with Crippen LogP contribution in [0.15, 0.2) is 36.4 Å². The fourth-order valence-corrected chi connectivity index (χ4v) is 3.43. The van der Waals surface area contributed by atoms with Crippen LogP contribution in [0.3, 0.4) is 0 Å². The van der Waals surface area contributed by atoms with Crippen molar-refractivity contribution in [2.75, 3.05) is 0 Å². The fourth-order valence-electron chi connectivity index (χ4n) is 3.01. The highest BCUT2D eigenvalue weighted by Gasteiger charge is 2.11. The molecule has 5 heterocycles. The Morgan fingerprint density at radius 2 is 1.23 bits per heavy atom. The Morgan fingerprint density at radius 1 is 0.615 bits per heavy atom. The molecule has 26 heavy (non-hydrogen) atoms. The zero-order valence-electron chi connectivity index (χ0n) is 13.4. The van der Waals surface area contributed by atoms with Crippen LogP contribution in [0.1, 0.15) is 22.8 Å². The number of aromatic nitrogens is 4. The Morgan fingerprint density at radius 3 is 2.08 bits per heavy atom. The zero-order valence-corrected chi connectivity index (χ0v) is 14.9. The van der Waals surface area contributed by atoms with E-state index in [1.165, 1.54) is 0 Å². The second kappa shape index (κ2) is 5.87. The molecule has 0 saturated carbocycles. The summed E-state index contributed by atoms with van der Waals surface area (Å²) in [5.41, 5.74) is 6.54. The molecule has 2 aliphatic rings. The van der Waals surface area contributed by atoms with E-state index in [1.54, 1.807) is 0 Å². The summed E-state index contributed by atoms with van der Waals surface area (Å²) in [6, 6.07) is 11.9. The normalized spacial score (nSPS) is 12.7. The SMILES string of the molecule is Clc1c2nc(cc3ccc(cc4ccc([nH]4)c(Cl)c4nc1C=C4)[nH]3)C=C2. The number of hydrogen-bond acceptors (Lipinski definition) is 2. The molecule has 2 aliphatic heterocycles. The van der Waals surface area contributed by atoms with E-state index in [-0.39, 0.29) is 0 Å². The summed E-state index contributed by atoms with van der Waals surface area (Å²) in [6.07, 6.45) is 7.52. The maximum atomic E-state index is 6.53. The zero-order chi connectivity index (χ0) is 17.7. The Labute approximate surface area is 158 Å². The summed E-state index contributed by atoms with van der Waals surface area (Å²) < 4.78 is 0. The van der Waals surface area contributed by atoms with Crippen LogP contribution in [0.2, 0.25) is 10.0 Å². The first-order valence-corrected chi connectivity index (χ1v) is 8.83. The van der Waals surface area contributed by atoms with Gasteiger partial charge in [0.15, 0.2) is 0 Å². The number of nitrogens with zero attached hydrogens (tertiary/aromatic N) is 2. The van der Waals surface area contributed by atoms with Crippen molar-refractivity contribution in [3.8, 4) is 0 Å². The van der Waals surface area contributed by atoms with Crippen LogP contribution in [-0.4, -0.2) is 19.9 Å². The minimum Gasteiger partial charge on any atom is -0.355 e. The van der Waals surface area contributed by atoms with Crippen LogP contribution < -0.4 is 0 Å². The number of halogens is 2. The van der Waals surface area contributed by atoms with Crippen molar-refractivity contribution in [1.29, 1.82) is 0 Å². The number of rotatable bonds is 0. The van der Waals surface area contributed by atoms with E-state index in [0.717, 1.165) is 27.8 Å². The molecular weight excluding hydrogens is 367 g/mol. The lowest BCUT2D eigenvalue weighted by molar-refractivity contribution is 1.28. The van der Waals surface area contributed by atoms with Crippen molar-refractivity contribution < 1.29 is 0 Å². The summed E-state index contributed by atoms with van der Waals surface area (Å²) >= 11 is 13.0. The monoisotopic (exact) mass is 378 g/mol. The number of nitrogens with one attached hydrogen (secondary N) is 2. The molecule has 0 spiro atoms. The van der Waals surface area contributed by atoms with Gasteiger partial charge >= 0.3 is 0 Å². The number of H-pyrrole nitrogens is 2. The van der Waals surface area contributed by atoms with Crippen molar-refractivity contribution >= 4 is 69.6 Å². The van der Waals surface area contributed by atoms with E-state index in [0.29, 0.717) is 27.1 Å². The van der Waals surface area contributed by atoms with E-state index < -0.39 is 0 Å². The largest absolute Gasteiger partial charge is 0.355 e. The van der Waals surface area contributed by atoms with Crippen molar-refractivity contribution in [2.24, 2.45) is 0 Å². The van der Waals surface area contributed by atoms with Gasteiger partial charge in [0, 0.05) is 16.6 Å². The molecule has 0 atom stereocenters. The molecule has 0 aromatic carbocycles. The van der Waals surface area contributed by atoms with Crippen LogP contribution in [-0.2, 0) is 0 Å². The first-order chi connectivity index (χ1) is 12.7. The van der Waals surface area contributed by atoms with Gasteiger partial charge in [-0.1, -0.05) is 23.2 Å². The van der Waals surface area contributed by atoms with Gasteiger partial charge in [0.2, 0.25) is 0 Å². The van der Waals surface area contributed by atoms with Crippen molar-refractivity contribution in [2.45, 2.75) is 0 Å². The van der Waals surface area contributed by atoms with E-state index in [2.05, 4.69) is 19.9 Å². The molecule has 0 radical (unpaired) electrons. The highest BCUT2D eigenvalue weighted by molar-refractivity contribution is 6.36. The predicted octanol–water partition coefficient (Wildman–Crippen LogP) is 5.96. The van der Waals surface area contributed by atoms with Crippen LogP contribution in [0.5, 0.6) is 0 Å². The first kappa shape index (κ1) is 15.4. The second-order valence-electron chi connectivity index (χ2n) is 6.08. The van der Waals surface area contributed by atoms with E-state index >= 15 is 0 Å². The standard InChI is InChI=1S/C20H12Cl2N4/c21-19-15-5-3-13(24-15)9-11-1-2-12(23-11)10-14-4-6-16(25-14)20(22)18-8-7-17(19)26-18/h1-10,23-24H. The lowest BCUT2D eigenvalue weighted by Gasteiger charge is -1.93. The Balaban J connectivity index is 1.91. The topological polar surface area (TPSA) is 57.4 Å². The molecule has 6 heteroatoms. The Kier molecular flexibility index (Phi) is 3.48. The summed E-state index contributed by atoms with van der Waals surface area (Å²) in [5.74, 6) is 0. The average molecular weight is 379 g/mol. The van der Waals surface area contributed by atoms with Gasteiger partial charge in [0.1, 0.15) is 0 Å². The third-order valence-corrected chi connectivity index (χ3v) is 5.05. The second-order valence-corrected chi connectivity index (χ2v) is 6.84. The molecule has 3 aromatic rings. The quantitative estimate of drug-likeness (QED) is 0.349. The van der Waals surface area contributed by atoms with Gasteiger partial charge in [-0.15, -0.1) is 0 Å². The smallest absolute Gasteiger partial charge is 0.0919 e. The first-order valence-electron chi connectivity index (χ1n) is 8.07. The van der Waals surface area contributed by atoms with Gasteiger partial charge in [-0.3, -0.25) is 0 Å². The van der Waals surface area contributed by atoms with Gasteiger partial charge in [-0.25, -0.2) is 9.97 Å². The molecule has 0 aliphatic carbocycles. The number of aromatic amines is 2. The summed E-state index contributed by atoms with van der Waals surface area (Å²) in [4.78, 5) is 15.8. The van der Waals surface area contributed by atoms with Gasteiger partial charge in [-0.2, -0.15) is 0 Å². The molecule has 0 unspecified atom stereocenters. The van der Waals surface area contributed by atoms with E-state index in [4.69, 9.17) is 23.2 Å². The molecule has 0 fully saturated rings. The Hall–Kier alpha value is -2.82. The number of fused-ring (bicyclic) bond motifs is 8.